The first-order valence-corrected chi connectivity index (χ1v) is 11.5. The summed E-state index contributed by atoms with van der Waals surface area (Å²) in [5, 5.41) is 5.85. The molecule has 2 N–H and O–H groups in total. The summed E-state index contributed by atoms with van der Waals surface area (Å²) in [5.74, 6) is 0.165. The molecule has 1 saturated heterocycles. The van der Waals surface area contributed by atoms with Gasteiger partial charge in [-0.05, 0) is 48.7 Å². The molecule has 1 fully saturated rings. The van der Waals surface area contributed by atoms with Crippen molar-refractivity contribution in [3.05, 3.63) is 69.8 Å². The van der Waals surface area contributed by atoms with Crippen LogP contribution in [-0.2, 0) is 24.3 Å². The SMILES string of the molecule is O=C(Nc1cccc(CN2C(=O)CNC2=O)c1)c1ccc2c(=O)n3c(nc2c1)CCCCCC3. The lowest BCUT2D eigenvalue weighted by atomic mass is 10.1. The molecule has 174 valence electrons. The highest BCUT2D eigenvalue weighted by molar-refractivity contribution is 6.06. The fraction of sp³-hybridized carbons (Fsp3) is 0.320. The molecule has 0 unspecified atom stereocenters. The van der Waals surface area contributed by atoms with Crippen molar-refractivity contribution >= 4 is 34.4 Å². The summed E-state index contributed by atoms with van der Waals surface area (Å²) in [7, 11) is 0. The zero-order chi connectivity index (χ0) is 23.7. The predicted molar refractivity (Wildman–Crippen MR) is 127 cm³/mol. The predicted octanol–water partition coefficient (Wildman–Crippen LogP) is 2.82. The van der Waals surface area contributed by atoms with Crippen LogP contribution in [0.5, 0.6) is 0 Å². The maximum absolute atomic E-state index is 13.0. The number of carbonyl (C=O) groups is 3. The van der Waals surface area contributed by atoms with E-state index >= 15 is 0 Å². The molecule has 9 nitrogen and oxygen atoms in total. The Balaban J connectivity index is 1.37. The second-order valence-corrected chi connectivity index (χ2v) is 8.67. The molecule has 0 atom stereocenters. The molecule has 3 aromatic rings. The molecule has 1 aromatic heterocycles. The van der Waals surface area contributed by atoms with Crippen molar-refractivity contribution in [2.75, 3.05) is 11.9 Å². The zero-order valence-electron chi connectivity index (χ0n) is 18.7. The molecule has 0 bridgehead atoms. The summed E-state index contributed by atoms with van der Waals surface area (Å²) < 4.78 is 1.78. The summed E-state index contributed by atoms with van der Waals surface area (Å²) in [6.07, 6.45) is 4.97. The first-order valence-electron chi connectivity index (χ1n) is 11.5. The van der Waals surface area contributed by atoms with Crippen molar-refractivity contribution in [2.45, 2.75) is 45.2 Å². The van der Waals surface area contributed by atoms with Gasteiger partial charge in [0.25, 0.3) is 11.5 Å². The van der Waals surface area contributed by atoms with Crippen LogP contribution >= 0.6 is 0 Å². The minimum Gasteiger partial charge on any atom is -0.329 e. The lowest BCUT2D eigenvalue weighted by Gasteiger charge is -2.16. The van der Waals surface area contributed by atoms with E-state index in [1.165, 1.54) is 0 Å². The monoisotopic (exact) mass is 459 g/mol. The smallest absolute Gasteiger partial charge is 0.324 e. The van der Waals surface area contributed by atoms with Gasteiger partial charge in [0.1, 0.15) is 5.82 Å². The van der Waals surface area contributed by atoms with Gasteiger partial charge in [0.2, 0.25) is 5.91 Å². The number of carbonyl (C=O) groups excluding carboxylic acids is 3. The van der Waals surface area contributed by atoms with E-state index in [2.05, 4.69) is 10.6 Å². The van der Waals surface area contributed by atoms with Crippen LogP contribution < -0.4 is 16.2 Å². The fourth-order valence-electron chi connectivity index (χ4n) is 4.48. The number of benzene rings is 2. The van der Waals surface area contributed by atoms with E-state index in [9.17, 15) is 19.2 Å². The van der Waals surface area contributed by atoms with Crippen molar-refractivity contribution in [3.8, 4) is 0 Å². The highest BCUT2D eigenvalue weighted by atomic mass is 16.2. The molecular weight excluding hydrogens is 434 g/mol. The number of hydrogen-bond donors (Lipinski definition) is 2. The maximum atomic E-state index is 13.0. The normalized spacial score (nSPS) is 16.1. The third-order valence-corrected chi connectivity index (χ3v) is 6.29. The topological polar surface area (TPSA) is 113 Å². The van der Waals surface area contributed by atoms with E-state index in [1.807, 2.05) is 0 Å². The molecule has 0 spiro atoms. The Hall–Kier alpha value is -4.01. The molecule has 2 aliphatic rings. The summed E-state index contributed by atoms with van der Waals surface area (Å²) >= 11 is 0. The standard InChI is InChI=1S/C25H25N5O4/c31-22-14-26-25(34)30(22)15-16-6-5-7-18(12-16)27-23(32)17-9-10-19-20(13-17)28-21-8-3-1-2-4-11-29(21)24(19)33/h5-7,9-10,12-13H,1-4,8,11,14-15H2,(H,26,34)(H,27,32). The Kier molecular flexibility index (Phi) is 5.83. The van der Waals surface area contributed by atoms with Crippen molar-refractivity contribution in [2.24, 2.45) is 0 Å². The van der Waals surface area contributed by atoms with Gasteiger partial charge in [-0.1, -0.05) is 25.0 Å². The van der Waals surface area contributed by atoms with Crippen LogP contribution in [0, 0.1) is 0 Å². The molecule has 5 rings (SSSR count). The Bertz CT molecular complexity index is 1350. The molecule has 2 aliphatic heterocycles. The number of imide groups is 1. The first-order chi connectivity index (χ1) is 16.5. The van der Waals surface area contributed by atoms with Crippen LogP contribution in [0.3, 0.4) is 0 Å². The molecule has 0 radical (unpaired) electrons. The van der Waals surface area contributed by atoms with Gasteiger partial charge in [0.15, 0.2) is 0 Å². The van der Waals surface area contributed by atoms with Crippen molar-refractivity contribution in [1.82, 2.24) is 19.8 Å². The van der Waals surface area contributed by atoms with Gasteiger partial charge in [0, 0.05) is 24.2 Å². The summed E-state index contributed by atoms with van der Waals surface area (Å²) in [5.41, 5.74) is 2.13. The minimum atomic E-state index is -0.424. The van der Waals surface area contributed by atoms with E-state index in [0.717, 1.165) is 48.4 Å². The van der Waals surface area contributed by atoms with E-state index < -0.39 is 6.03 Å². The summed E-state index contributed by atoms with van der Waals surface area (Å²) in [4.78, 5) is 55.4. The fourth-order valence-corrected chi connectivity index (χ4v) is 4.48. The molecular formula is C25H25N5O4. The van der Waals surface area contributed by atoms with Crippen LogP contribution in [0.2, 0.25) is 0 Å². The van der Waals surface area contributed by atoms with Gasteiger partial charge >= 0.3 is 6.03 Å². The van der Waals surface area contributed by atoms with E-state index in [4.69, 9.17) is 4.98 Å². The molecule has 0 saturated carbocycles. The molecule has 4 amide bonds. The van der Waals surface area contributed by atoms with Gasteiger partial charge in [-0.2, -0.15) is 0 Å². The van der Waals surface area contributed by atoms with Gasteiger partial charge in [-0.3, -0.25) is 23.9 Å². The van der Waals surface area contributed by atoms with Crippen LogP contribution in [0.1, 0.15) is 47.4 Å². The van der Waals surface area contributed by atoms with E-state index in [-0.39, 0.29) is 30.5 Å². The molecule has 0 aliphatic carbocycles. The summed E-state index contributed by atoms with van der Waals surface area (Å²) in [6.45, 7) is 0.807. The lowest BCUT2D eigenvalue weighted by Crippen LogP contribution is -2.30. The number of aryl methyl sites for hydroxylation is 1. The van der Waals surface area contributed by atoms with Crippen molar-refractivity contribution in [1.29, 1.82) is 0 Å². The number of anilines is 1. The Morgan fingerprint density at radius 1 is 1.03 bits per heavy atom. The third kappa shape index (κ3) is 4.28. The van der Waals surface area contributed by atoms with Gasteiger partial charge in [0.05, 0.1) is 24.0 Å². The molecule has 9 heteroatoms. The van der Waals surface area contributed by atoms with Crippen LogP contribution in [0.25, 0.3) is 10.9 Å². The molecule has 3 heterocycles. The highest BCUT2D eigenvalue weighted by Crippen LogP contribution is 2.19. The van der Waals surface area contributed by atoms with Crippen molar-refractivity contribution in [3.63, 3.8) is 0 Å². The molecule has 2 aromatic carbocycles. The quantitative estimate of drug-likeness (QED) is 0.583. The maximum Gasteiger partial charge on any atom is 0.324 e. The number of aromatic nitrogens is 2. The van der Waals surface area contributed by atoms with Crippen LogP contribution in [-0.4, -0.2) is 38.8 Å². The Morgan fingerprint density at radius 2 is 1.88 bits per heavy atom. The largest absolute Gasteiger partial charge is 0.329 e. The average Bonchev–Trinajstić information content (AvgIpc) is 3.12. The average molecular weight is 460 g/mol. The number of hydrogen-bond acceptors (Lipinski definition) is 5. The summed E-state index contributed by atoms with van der Waals surface area (Å²) in [6, 6.07) is 11.5. The number of nitrogens with zero attached hydrogens (tertiary/aromatic N) is 3. The number of nitrogens with one attached hydrogen (secondary N) is 2. The van der Waals surface area contributed by atoms with Crippen LogP contribution in [0.15, 0.2) is 47.3 Å². The van der Waals surface area contributed by atoms with E-state index in [0.29, 0.717) is 28.7 Å². The van der Waals surface area contributed by atoms with Crippen molar-refractivity contribution < 1.29 is 14.4 Å². The first kappa shape index (κ1) is 21.8. The zero-order valence-corrected chi connectivity index (χ0v) is 18.7. The Morgan fingerprint density at radius 3 is 2.71 bits per heavy atom. The molecule has 34 heavy (non-hydrogen) atoms. The number of rotatable bonds is 4. The Labute approximate surface area is 195 Å². The van der Waals surface area contributed by atoms with Crippen LogP contribution in [0.4, 0.5) is 10.5 Å². The van der Waals surface area contributed by atoms with Gasteiger partial charge in [-0.15, -0.1) is 0 Å². The number of urea groups is 1. The van der Waals surface area contributed by atoms with Gasteiger partial charge in [-0.25, -0.2) is 9.78 Å². The van der Waals surface area contributed by atoms with Gasteiger partial charge < -0.3 is 10.6 Å². The second kappa shape index (κ2) is 9.09. The number of fused-ring (bicyclic) bond motifs is 2. The highest BCUT2D eigenvalue weighted by Gasteiger charge is 2.28. The lowest BCUT2D eigenvalue weighted by molar-refractivity contribution is -0.125. The second-order valence-electron chi connectivity index (χ2n) is 8.67. The minimum absolute atomic E-state index is 0.00194. The number of amides is 4. The van der Waals surface area contributed by atoms with E-state index in [1.54, 1.807) is 47.0 Å². The third-order valence-electron chi connectivity index (χ3n) is 6.29.